The van der Waals surface area contributed by atoms with Gasteiger partial charge in [0.15, 0.2) is 0 Å². The molecule has 1 heterocycles. The van der Waals surface area contributed by atoms with Crippen LogP contribution in [0.25, 0.3) is 0 Å². The summed E-state index contributed by atoms with van der Waals surface area (Å²) in [6.45, 7) is 9.05. The molecule has 1 rings (SSSR count). The van der Waals surface area contributed by atoms with E-state index >= 15 is 0 Å². The lowest BCUT2D eigenvalue weighted by Gasteiger charge is -2.23. The van der Waals surface area contributed by atoms with Crippen LogP contribution < -0.4 is 5.32 Å². The highest BCUT2D eigenvalue weighted by molar-refractivity contribution is 5.21. The number of aryl methyl sites for hydroxylation is 2. The zero-order valence-corrected chi connectivity index (χ0v) is 12.2. The van der Waals surface area contributed by atoms with Gasteiger partial charge in [-0.15, -0.1) is 0 Å². The van der Waals surface area contributed by atoms with Gasteiger partial charge in [0.2, 0.25) is 0 Å². The van der Waals surface area contributed by atoms with Gasteiger partial charge in [-0.3, -0.25) is 4.68 Å². The lowest BCUT2D eigenvalue weighted by atomic mass is 9.87. The van der Waals surface area contributed by atoms with Crippen molar-refractivity contribution in [3.05, 3.63) is 17.5 Å². The molecule has 0 aliphatic rings. The van der Waals surface area contributed by atoms with Crippen molar-refractivity contribution in [1.29, 1.82) is 0 Å². The fourth-order valence-corrected chi connectivity index (χ4v) is 2.15. The Hall–Kier alpha value is -0.830. The summed E-state index contributed by atoms with van der Waals surface area (Å²) >= 11 is 0. The van der Waals surface area contributed by atoms with Gasteiger partial charge >= 0.3 is 0 Å². The standard InChI is InChI=1S/C14H27N3/c1-7-12-11(10-17(6)16-12)13(15-5)8-9-14(2,3)4/h10,13,15H,7-9H2,1-6H3. The molecular formula is C14H27N3. The average Bonchev–Trinajstić information content (AvgIpc) is 2.59. The normalized spacial score (nSPS) is 14.0. The van der Waals surface area contributed by atoms with Gasteiger partial charge in [-0.05, 0) is 31.7 Å². The summed E-state index contributed by atoms with van der Waals surface area (Å²) in [5, 5.41) is 7.94. The minimum atomic E-state index is 0.393. The smallest absolute Gasteiger partial charge is 0.0669 e. The molecule has 98 valence electrons. The number of hydrogen-bond donors (Lipinski definition) is 1. The predicted octanol–water partition coefficient (Wildman–Crippen LogP) is 3.07. The third-order valence-electron chi connectivity index (χ3n) is 3.18. The second-order valence-electron chi connectivity index (χ2n) is 6.00. The average molecular weight is 237 g/mol. The monoisotopic (exact) mass is 237 g/mol. The van der Waals surface area contributed by atoms with E-state index in [4.69, 9.17) is 0 Å². The molecule has 0 saturated heterocycles. The molecule has 0 aromatic carbocycles. The molecule has 3 heteroatoms. The van der Waals surface area contributed by atoms with Crippen LogP contribution in [0.3, 0.4) is 0 Å². The van der Waals surface area contributed by atoms with Crippen LogP contribution in [-0.2, 0) is 13.5 Å². The molecule has 0 spiro atoms. The summed E-state index contributed by atoms with van der Waals surface area (Å²) < 4.78 is 1.93. The Morgan fingerprint density at radius 3 is 2.53 bits per heavy atom. The molecule has 0 radical (unpaired) electrons. The molecule has 1 atom stereocenters. The molecule has 0 aliphatic carbocycles. The third kappa shape index (κ3) is 4.15. The molecule has 0 bridgehead atoms. The lowest BCUT2D eigenvalue weighted by Crippen LogP contribution is -2.19. The molecule has 3 nitrogen and oxygen atoms in total. The summed E-state index contributed by atoms with van der Waals surface area (Å²) in [7, 11) is 4.04. The van der Waals surface area contributed by atoms with E-state index in [1.165, 1.54) is 24.1 Å². The van der Waals surface area contributed by atoms with Crippen LogP contribution in [-0.4, -0.2) is 16.8 Å². The molecule has 0 saturated carbocycles. The van der Waals surface area contributed by atoms with Crippen molar-refractivity contribution in [2.75, 3.05) is 7.05 Å². The Kier molecular flexibility index (Phi) is 4.75. The Labute approximate surface area is 106 Å². The molecule has 1 aromatic heterocycles. The summed E-state index contributed by atoms with van der Waals surface area (Å²) in [5.74, 6) is 0. The van der Waals surface area contributed by atoms with Crippen molar-refractivity contribution in [1.82, 2.24) is 15.1 Å². The van der Waals surface area contributed by atoms with Gasteiger partial charge in [0, 0.05) is 24.8 Å². The molecule has 1 aromatic rings. The summed E-state index contributed by atoms with van der Waals surface area (Å²) in [6, 6.07) is 0.429. The minimum Gasteiger partial charge on any atom is -0.313 e. The second kappa shape index (κ2) is 5.67. The fourth-order valence-electron chi connectivity index (χ4n) is 2.15. The summed E-state index contributed by atoms with van der Waals surface area (Å²) in [5.41, 5.74) is 2.98. The van der Waals surface area contributed by atoms with Crippen LogP contribution in [0.1, 0.15) is 57.8 Å². The zero-order chi connectivity index (χ0) is 13.1. The van der Waals surface area contributed by atoms with E-state index < -0.39 is 0 Å². The first-order chi connectivity index (χ1) is 7.87. The Balaban J connectivity index is 2.78. The van der Waals surface area contributed by atoms with Crippen molar-refractivity contribution in [3.63, 3.8) is 0 Å². The summed E-state index contributed by atoms with van der Waals surface area (Å²) in [6.07, 6.45) is 5.54. The SMILES string of the molecule is CCc1nn(C)cc1C(CCC(C)(C)C)NC. The van der Waals surface area contributed by atoms with E-state index in [0.717, 1.165) is 6.42 Å². The molecule has 0 amide bonds. The van der Waals surface area contributed by atoms with Crippen molar-refractivity contribution >= 4 is 0 Å². The van der Waals surface area contributed by atoms with E-state index in [-0.39, 0.29) is 0 Å². The second-order valence-corrected chi connectivity index (χ2v) is 6.00. The van der Waals surface area contributed by atoms with E-state index in [9.17, 15) is 0 Å². The van der Waals surface area contributed by atoms with Gasteiger partial charge < -0.3 is 5.32 Å². The number of aromatic nitrogens is 2. The number of nitrogens with one attached hydrogen (secondary N) is 1. The highest BCUT2D eigenvalue weighted by Crippen LogP contribution is 2.28. The maximum absolute atomic E-state index is 4.52. The molecule has 0 aliphatic heterocycles. The summed E-state index contributed by atoms with van der Waals surface area (Å²) in [4.78, 5) is 0. The van der Waals surface area contributed by atoms with Crippen molar-refractivity contribution in [3.8, 4) is 0 Å². The van der Waals surface area contributed by atoms with Crippen molar-refractivity contribution in [2.24, 2.45) is 12.5 Å². The van der Waals surface area contributed by atoms with Crippen LogP contribution in [0.5, 0.6) is 0 Å². The fraction of sp³-hybridized carbons (Fsp3) is 0.786. The van der Waals surface area contributed by atoms with E-state index in [1.54, 1.807) is 0 Å². The maximum Gasteiger partial charge on any atom is 0.0669 e. The number of hydrogen-bond acceptors (Lipinski definition) is 2. The van der Waals surface area contributed by atoms with Crippen LogP contribution in [0.15, 0.2) is 6.20 Å². The first kappa shape index (κ1) is 14.2. The van der Waals surface area contributed by atoms with Gasteiger partial charge in [-0.25, -0.2) is 0 Å². The molecule has 17 heavy (non-hydrogen) atoms. The van der Waals surface area contributed by atoms with Crippen LogP contribution in [0.2, 0.25) is 0 Å². The highest BCUT2D eigenvalue weighted by Gasteiger charge is 2.19. The maximum atomic E-state index is 4.52. The quantitative estimate of drug-likeness (QED) is 0.853. The largest absolute Gasteiger partial charge is 0.313 e. The van der Waals surface area contributed by atoms with Gasteiger partial charge in [0.05, 0.1) is 5.69 Å². The van der Waals surface area contributed by atoms with Gasteiger partial charge in [-0.1, -0.05) is 27.7 Å². The number of nitrogens with zero attached hydrogens (tertiary/aromatic N) is 2. The molecule has 1 unspecified atom stereocenters. The Morgan fingerprint density at radius 2 is 2.06 bits per heavy atom. The van der Waals surface area contributed by atoms with Gasteiger partial charge in [-0.2, -0.15) is 5.10 Å². The van der Waals surface area contributed by atoms with Crippen LogP contribution in [0.4, 0.5) is 0 Å². The van der Waals surface area contributed by atoms with Crippen molar-refractivity contribution < 1.29 is 0 Å². The van der Waals surface area contributed by atoms with E-state index in [2.05, 4.69) is 44.3 Å². The zero-order valence-electron chi connectivity index (χ0n) is 12.2. The Bertz CT molecular complexity index is 347. The lowest BCUT2D eigenvalue weighted by molar-refractivity contribution is 0.337. The van der Waals surface area contributed by atoms with Crippen LogP contribution in [0, 0.1) is 5.41 Å². The topological polar surface area (TPSA) is 29.9 Å². The molecular weight excluding hydrogens is 210 g/mol. The number of rotatable bonds is 5. The first-order valence-corrected chi connectivity index (χ1v) is 6.57. The van der Waals surface area contributed by atoms with E-state index in [0.29, 0.717) is 11.5 Å². The molecule has 0 fully saturated rings. The first-order valence-electron chi connectivity index (χ1n) is 6.57. The minimum absolute atomic E-state index is 0.393. The van der Waals surface area contributed by atoms with Crippen LogP contribution >= 0.6 is 0 Å². The highest BCUT2D eigenvalue weighted by atomic mass is 15.3. The Morgan fingerprint density at radius 1 is 1.41 bits per heavy atom. The van der Waals surface area contributed by atoms with E-state index in [1.807, 2.05) is 18.8 Å². The van der Waals surface area contributed by atoms with Crippen molar-refractivity contribution in [2.45, 2.75) is 53.0 Å². The third-order valence-corrected chi connectivity index (χ3v) is 3.18. The predicted molar refractivity (Wildman–Crippen MR) is 73.1 cm³/mol. The molecule has 1 N–H and O–H groups in total. The van der Waals surface area contributed by atoms with Gasteiger partial charge in [0.25, 0.3) is 0 Å². The van der Waals surface area contributed by atoms with Gasteiger partial charge in [0.1, 0.15) is 0 Å².